The van der Waals surface area contributed by atoms with Gasteiger partial charge in [0.25, 0.3) is 0 Å². The Kier molecular flexibility index (Phi) is 6.51. The molecule has 2 aliphatic heterocycles. The van der Waals surface area contributed by atoms with Gasteiger partial charge < -0.3 is 4.90 Å². The zero-order valence-electron chi connectivity index (χ0n) is 17.1. The number of carbonyl (C=O) groups is 1. The number of amides is 1. The van der Waals surface area contributed by atoms with Gasteiger partial charge in [-0.3, -0.25) is 19.6 Å². The molecule has 0 aromatic carbocycles. The average Bonchev–Trinajstić information content (AvgIpc) is 3.34. The summed E-state index contributed by atoms with van der Waals surface area (Å²) < 4.78 is 24.0. The van der Waals surface area contributed by atoms with Crippen molar-refractivity contribution in [1.29, 1.82) is 0 Å². The van der Waals surface area contributed by atoms with Gasteiger partial charge in [0.2, 0.25) is 5.91 Å². The molecule has 1 amide bonds. The molecule has 1 aromatic rings. The Hall–Kier alpha value is -1.51. The summed E-state index contributed by atoms with van der Waals surface area (Å²) in [4.78, 5) is 24.2. The summed E-state index contributed by atoms with van der Waals surface area (Å²) >= 11 is 0. The molecule has 1 aromatic heterocycles. The van der Waals surface area contributed by atoms with Gasteiger partial charge in [0.15, 0.2) is 9.84 Å². The normalized spacial score (nSPS) is 26.0. The van der Waals surface area contributed by atoms with Gasteiger partial charge in [0, 0.05) is 51.0 Å². The predicted octanol–water partition coefficient (Wildman–Crippen LogP) is 1.16. The van der Waals surface area contributed by atoms with Crippen LogP contribution in [0.4, 0.5) is 0 Å². The quantitative estimate of drug-likeness (QED) is 0.688. The maximum atomic E-state index is 13.2. The highest BCUT2D eigenvalue weighted by atomic mass is 32.2. The molecule has 0 bridgehead atoms. The monoisotopic (exact) mass is 420 g/mol. The summed E-state index contributed by atoms with van der Waals surface area (Å²) in [5.74, 6) is 0.491. The van der Waals surface area contributed by atoms with Crippen LogP contribution in [0.1, 0.15) is 37.8 Å². The molecule has 1 atom stereocenters. The third-order valence-corrected chi connectivity index (χ3v) is 8.29. The van der Waals surface area contributed by atoms with Crippen molar-refractivity contribution in [2.24, 2.45) is 0 Å². The number of hydrogen-bond acceptors (Lipinski definition) is 6. The minimum Gasteiger partial charge on any atom is -0.335 e. The van der Waals surface area contributed by atoms with E-state index in [2.05, 4.69) is 14.8 Å². The van der Waals surface area contributed by atoms with E-state index in [1.807, 2.05) is 29.3 Å². The molecular weight excluding hydrogens is 388 g/mol. The van der Waals surface area contributed by atoms with E-state index >= 15 is 0 Å². The maximum Gasteiger partial charge on any atom is 0.237 e. The first kappa shape index (κ1) is 20.8. The van der Waals surface area contributed by atoms with E-state index in [0.29, 0.717) is 13.0 Å². The second-order valence-electron chi connectivity index (χ2n) is 8.67. The Labute approximate surface area is 174 Å². The van der Waals surface area contributed by atoms with E-state index < -0.39 is 9.84 Å². The number of carbonyl (C=O) groups excluding carboxylic acids is 1. The molecule has 1 aliphatic carbocycles. The summed E-state index contributed by atoms with van der Waals surface area (Å²) in [6, 6.07) is 6.09. The number of sulfone groups is 1. The molecular formula is C21H32N4O3S. The lowest BCUT2D eigenvalue weighted by molar-refractivity contribution is -0.137. The van der Waals surface area contributed by atoms with Crippen LogP contribution < -0.4 is 0 Å². The first-order chi connectivity index (χ1) is 14.0. The third kappa shape index (κ3) is 5.35. The average molecular weight is 421 g/mol. The van der Waals surface area contributed by atoms with Crippen LogP contribution in [0.3, 0.4) is 0 Å². The minimum atomic E-state index is -2.99. The van der Waals surface area contributed by atoms with E-state index in [9.17, 15) is 13.2 Å². The van der Waals surface area contributed by atoms with Gasteiger partial charge in [-0.2, -0.15) is 0 Å². The van der Waals surface area contributed by atoms with Gasteiger partial charge in [-0.15, -0.1) is 0 Å². The van der Waals surface area contributed by atoms with Gasteiger partial charge in [0.1, 0.15) is 0 Å². The lowest BCUT2D eigenvalue weighted by atomic mass is 10.1. The molecule has 1 unspecified atom stereocenters. The van der Waals surface area contributed by atoms with Crippen LogP contribution in [0.25, 0.3) is 0 Å². The van der Waals surface area contributed by atoms with E-state index in [1.165, 1.54) is 0 Å². The van der Waals surface area contributed by atoms with Crippen LogP contribution in [-0.2, 0) is 21.2 Å². The molecule has 2 saturated heterocycles. The Bertz CT molecular complexity index is 787. The van der Waals surface area contributed by atoms with Crippen molar-refractivity contribution in [1.82, 2.24) is 19.7 Å². The fraction of sp³-hybridized carbons (Fsp3) is 0.714. The van der Waals surface area contributed by atoms with Crippen molar-refractivity contribution in [3.8, 4) is 0 Å². The van der Waals surface area contributed by atoms with Crippen molar-refractivity contribution in [3.05, 3.63) is 30.1 Å². The molecule has 160 valence electrons. The van der Waals surface area contributed by atoms with Crippen LogP contribution in [0.15, 0.2) is 24.4 Å². The van der Waals surface area contributed by atoms with E-state index in [1.54, 1.807) is 0 Å². The summed E-state index contributed by atoms with van der Waals surface area (Å²) in [7, 11) is -2.99. The van der Waals surface area contributed by atoms with Gasteiger partial charge in [-0.1, -0.05) is 18.9 Å². The molecule has 4 rings (SSSR count). The molecule has 3 heterocycles. The Morgan fingerprint density at radius 2 is 1.76 bits per heavy atom. The van der Waals surface area contributed by atoms with E-state index in [-0.39, 0.29) is 29.5 Å². The van der Waals surface area contributed by atoms with Crippen molar-refractivity contribution in [2.45, 2.75) is 50.7 Å². The zero-order chi connectivity index (χ0) is 20.3. The second-order valence-corrected chi connectivity index (χ2v) is 10.9. The number of hydrogen-bond donors (Lipinski definition) is 0. The fourth-order valence-corrected chi connectivity index (χ4v) is 6.69. The van der Waals surface area contributed by atoms with Crippen molar-refractivity contribution < 1.29 is 13.2 Å². The van der Waals surface area contributed by atoms with Crippen LogP contribution in [0.2, 0.25) is 0 Å². The van der Waals surface area contributed by atoms with Crippen molar-refractivity contribution >= 4 is 15.7 Å². The number of piperazine rings is 1. The first-order valence-electron chi connectivity index (χ1n) is 10.9. The van der Waals surface area contributed by atoms with Gasteiger partial charge in [0.05, 0.1) is 23.7 Å². The third-order valence-electron chi connectivity index (χ3n) is 6.54. The van der Waals surface area contributed by atoms with Gasteiger partial charge in [-0.25, -0.2) is 8.42 Å². The molecule has 0 radical (unpaired) electrons. The van der Waals surface area contributed by atoms with Crippen LogP contribution >= 0.6 is 0 Å². The highest BCUT2D eigenvalue weighted by Gasteiger charge is 2.39. The molecule has 0 N–H and O–H groups in total. The molecule has 7 nitrogen and oxygen atoms in total. The number of rotatable bonds is 6. The molecule has 0 spiro atoms. The highest BCUT2D eigenvalue weighted by Crippen LogP contribution is 2.29. The Morgan fingerprint density at radius 3 is 2.38 bits per heavy atom. The van der Waals surface area contributed by atoms with Crippen molar-refractivity contribution in [2.75, 3.05) is 44.2 Å². The fourth-order valence-electron chi connectivity index (χ4n) is 4.98. The summed E-state index contributed by atoms with van der Waals surface area (Å²) in [5, 5.41) is 0. The van der Waals surface area contributed by atoms with Gasteiger partial charge in [-0.05, 0) is 31.4 Å². The summed E-state index contributed by atoms with van der Waals surface area (Å²) in [6.45, 7) is 4.82. The number of aromatic nitrogens is 1. The smallest absolute Gasteiger partial charge is 0.237 e. The predicted molar refractivity (Wildman–Crippen MR) is 112 cm³/mol. The van der Waals surface area contributed by atoms with E-state index in [4.69, 9.17) is 0 Å². The lowest BCUT2D eigenvalue weighted by Gasteiger charge is -2.38. The van der Waals surface area contributed by atoms with E-state index in [0.717, 1.165) is 64.1 Å². The zero-order valence-corrected chi connectivity index (χ0v) is 17.9. The van der Waals surface area contributed by atoms with Crippen LogP contribution in [-0.4, -0.2) is 90.3 Å². The van der Waals surface area contributed by atoms with Gasteiger partial charge >= 0.3 is 0 Å². The molecule has 29 heavy (non-hydrogen) atoms. The molecule has 3 aliphatic rings. The largest absolute Gasteiger partial charge is 0.335 e. The summed E-state index contributed by atoms with van der Waals surface area (Å²) in [6.07, 6.45) is 6.73. The lowest BCUT2D eigenvalue weighted by Crippen LogP contribution is -2.53. The topological polar surface area (TPSA) is 73.8 Å². The molecule has 1 saturated carbocycles. The Morgan fingerprint density at radius 1 is 1.03 bits per heavy atom. The minimum absolute atomic E-state index is 0.122. The van der Waals surface area contributed by atoms with Crippen molar-refractivity contribution in [3.63, 3.8) is 0 Å². The summed E-state index contributed by atoms with van der Waals surface area (Å²) in [5.41, 5.74) is 1.08. The second kappa shape index (κ2) is 9.10. The Balaban J connectivity index is 1.32. The molecule has 3 fully saturated rings. The number of nitrogens with zero attached hydrogens (tertiary/aromatic N) is 4. The first-order valence-corrected chi connectivity index (χ1v) is 12.7. The van der Waals surface area contributed by atoms with Crippen LogP contribution in [0, 0.1) is 0 Å². The maximum absolute atomic E-state index is 13.2. The van der Waals surface area contributed by atoms with Crippen LogP contribution in [0.5, 0.6) is 0 Å². The number of pyridine rings is 1. The molecule has 8 heteroatoms. The highest BCUT2D eigenvalue weighted by molar-refractivity contribution is 7.91. The SMILES string of the molecule is O=C(CN1CCN(Cc2ccccn2)CC1)N(C1CCCC1)C1CCS(=O)(=O)C1. The standard InChI is InChI=1S/C21H32N4O3S/c26-21(25(19-6-1-2-7-19)20-8-14-29(27,28)17-20)16-24-12-10-23(11-13-24)15-18-5-3-4-9-22-18/h3-5,9,19-20H,1-2,6-8,10-17H2.